The number of hydrogen-bond acceptors (Lipinski definition) is 4. The monoisotopic (exact) mass is 396 g/mol. The number of H-pyrrole nitrogens is 2. The topological polar surface area (TPSA) is 99.9 Å². The van der Waals surface area contributed by atoms with Gasteiger partial charge < -0.3 is 15.0 Å². The summed E-state index contributed by atoms with van der Waals surface area (Å²) in [4.78, 5) is 32.7. The minimum Gasteiger partial charge on any atom is -0.455 e. The van der Waals surface area contributed by atoms with Gasteiger partial charge in [-0.1, -0.05) is 0 Å². The Labute approximate surface area is 162 Å². The molecule has 0 saturated heterocycles. The summed E-state index contributed by atoms with van der Waals surface area (Å²) in [5, 5.41) is 2.65. The molecule has 4 rings (SSSR count). The predicted octanol–water partition coefficient (Wildman–Crippen LogP) is 3.50. The number of aromatic nitrogens is 3. The molecule has 29 heavy (non-hydrogen) atoms. The molecule has 0 spiro atoms. The van der Waals surface area contributed by atoms with Gasteiger partial charge in [-0.25, -0.2) is 18.6 Å². The van der Waals surface area contributed by atoms with Gasteiger partial charge in [-0.15, -0.1) is 0 Å². The number of amides is 1. The van der Waals surface area contributed by atoms with Crippen LogP contribution in [0, 0.1) is 11.6 Å². The second kappa shape index (κ2) is 7.55. The van der Waals surface area contributed by atoms with Crippen molar-refractivity contribution in [3.8, 4) is 11.5 Å². The second-order valence-corrected chi connectivity index (χ2v) is 6.24. The molecule has 2 aromatic heterocycles. The minimum absolute atomic E-state index is 0.164. The molecule has 0 saturated carbocycles. The highest BCUT2D eigenvalue weighted by molar-refractivity contribution is 5.92. The van der Waals surface area contributed by atoms with Crippen LogP contribution in [0.1, 0.15) is 5.56 Å². The molecule has 4 aromatic rings. The molecule has 0 aliphatic heterocycles. The van der Waals surface area contributed by atoms with Crippen LogP contribution in [0.25, 0.3) is 11.2 Å². The number of nitrogens with one attached hydrogen (secondary N) is 3. The molecule has 0 bridgehead atoms. The molecule has 0 unspecified atom stereocenters. The van der Waals surface area contributed by atoms with Crippen LogP contribution in [0.2, 0.25) is 0 Å². The lowest BCUT2D eigenvalue weighted by Crippen LogP contribution is -2.14. The van der Waals surface area contributed by atoms with E-state index in [0.717, 1.165) is 18.2 Å². The molecular weight excluding hydrogens is 382 g/mol. The molecular formula is C20H14F2N4O3. The number of hydrogen-bond donors (Lipinski definition) is 3. The summed E-state index contributed by atoms with van der Waals surface area (Å²) in [6.45, 7) is 0. The van der Waals surface area contributed by atoms with Crippen molar-refractivity contribution in [3.05, 3.63) is 82.4 Å². The van der Waals surface area contributed by atoms with Gasteiger partial charge in [-0.2, -0.15) is 0 Å². The lowest BCUT2D eigenvalue weighted by atomic mass is 10.1. The molecule has 2 heterocycles. The number of carbonyl (C=O) groups is 1. The van der Waals surface area contributed by atoms with Gasteiger partial charge in [0.25, 0.3) is 0 Å². The Morgan fingerprint density at radius 2 is 1.76 bits per heavy atom. The van der Waals surface area contributed by atoms with E-state index in [2.05, 4.69) is 20.3 Å². The van der Waals surface area contributed by atoms with Crippen molar-refractivity contribution in [2.24, 2.45) is 0 Å². The fraction of sp³-hybridized carbons (Fsp3) is 0.0500. The highest BCUT2D eigenvalue weighted by Crippen LogP contribution is 2.27. The van der Waals surface area contributed by atoms with Crippen LogP contribution in [0.3, 0.4) is 0 Å². The zero-order valence-corrected chi connectivity index (χ0v) is 14.8. The van der Waals surface area contributed by atoms with Crippen LogP contribution in [-0.4, -0.2) is 20.9 Å². The molecule has 1 amide bonds. The Morgan fingerprint density at radius 1 is 1.03 bits per heavy atom. The minimum atomic E-state index is -0.733. The maximum atomic E-state index is 13.2. The summed E-state index contributed by atoms with van der Waals surface area (Å²) in [5.41, 5.74) is 1.17. The van der Waals surface area contributed by atoms with Gasteiger partial charge in [0.2, 0.25) is 5.91 Å². The van der Waals surface area contributed by atoms with Crippen molar-refractivity contribution in [2.45, 2.75) is 6.42 Å². The summed E-state index contributed by atoms with van der Waals surface area (Å²) in [7, 11) is 0. The van der Waals surface area contributed by atoms with E-state index in [1.165, 1.54) is 6.20 Å². The lowest BCUT2D eigenvalue weighted by molar-refractivity contribution is -0.115. The van der Waals surface area contributed by atoms with Gasteiger partial charge in [0, 0.05) is 24.0 Å². The van der Waals surface area contributed by atoms with Crippen molar-refractivity contribution in [3.63, 3.8) is 0 Å². The van der Waals surface area contributed by atoms with E-state index in [9.17, 15) is 18.4 Å². The summed E-state index contributed by atoms with van der Waals surface area (Å²) < 4.78 is 32.2. The number of carbonyl (C=O) groups excluding carboxylic acids is 1. The zero-order chi connectivity index (χ0) is 20.4. The number of imidazole rings is 1. The summed E-state index contributed by atoms with van der Waals surface area (Å²) >= 11 is 0. The average Bonchev–Trinajstić information content (AvgIpc) is 3.03. The van der Waals surface area contributed by atoms with Gasteiger partial charge >= 0.3 is 5.69 Å². The van der Waals surface area contributed by atoms with E-state index < -0.39 is 17.5 Å². The first-order chi connectivity index (χ1) is 14.0. The Morgan fingerprint density at radius 3 is 2.48 bits per heavy atom. The quantitative estimate of drug-likeness (QED) is 0.481. The number of rotatable bonds is 5. The van der Waals surface area contributed by atoms with Crippen LogP contribution in [0.5, 0.6) is 11.5 Å². The molecule has 0 fully saturated rings. The Kier molecular flexibility index (Phi) is 4.78. The standard InChI is InChI=1S/C20H14F2N4O3/c21-12-7-11(8-13(22)10-12)9-17(27)24-14-1-3-15(4-2-14)29-16-5-6-23-19-18(16)25-20(28)26-19/h1-8,10H,9H2,(H,24,27)(H2,23,25,26,28). The first-order valence-electron chi connectivity index (χ1n) is 8.56. The molecule has 146 valence electrons. The fourth-order valence-electron chi connectivity index (χ4n) is 2.83. The van der Waals surface area contributed by atoms with E-state index in [0.29, 0.717) is 28.4 Å². The van der Waals surface area contributed by atoms with Crippen LogP contribution in [0.4, 0.5) is 14.5 Å². The summed E-state index contributed by atoms with van der Waals surface area (Å²) in [6, 6.07) is 11.1. The van der Waals surface area contributed by atoms with E-state index >= 15 is 0 Å². The largest absolute Gasteiger partial charge is 0.455 e. The van der Waals surface area contributed by atoms with Crippen molar-refractivity contribution >= 4 is 22.8 Å². The van der Waals surface area contributed by atoms with E-state index in [1.807, 2.05) is 0 Å². The van der Waals surface area contributed by atoms with Gasteiger partial charge in [0.15, 0.2) is 11.4 Å². The second-order valence-electron chi connectivity index (χ2n) is 6.24. The van der Waals surface area contributed by atoms with Crippen molar-refractivity contribution in [1.29, 1.82) is 0 Å². The SMILES string of the molecule is O=C(Cc1cc(F)cc(F)c1)Nc1ccc(Oc2ccnc3[nH]c(=O)[nH]c23)cc1. The molecule has 2 aromatic carbocycles. The van der Waals surface area contributed by atoms with E-state index in [1.54, 1.807) is 30.3 Å². The van der Waals surface area contributed by atoms with Crippen LogP contribution >= 0.6 is 0 Å². The highest BCUT2D eigenvalue weighted by Gasteiger charge is 2.09. The van der Waals surface area contributed by atoms with Crippen molar-refractivity contribution in [2.75, 3.05) is 5.32 Å². The molecule has 7 nitrogen and oxygen atoms in total. The van der Waals surface area contributed by atoms with Gasteiger partial charge in [0.1, 0.15) is 22.9 Å². The number of anilines is 1. The Balaban J connectivity index is 1.43. The maximum absolute atomic E-state index is 13.2. The van der Waals surface area contributed by atoms with Gasteiger partial charge in [-0.05, 0) is 42.0 Å². The van der Waals surface area contributed by atoms with Crippen molar-refractivity contribution in [1.82, 2.24) is 15.0 Å². The predicted molar refractivity (Wildman–Crippen MR) is 102 cm³/mol. The van der Waals surface area contributed by atoms with E-state index in [4.69, 9.17) is 4.74 Å². The third kappa shape index (κ3) is 4.29. The van der Waals surface area contributed by atoms with E-state index in [-0.39, 0.29) is 17.7 Å². The number of halogens is 2. The number of nitrogens with zero attached hydrogens (tertiary/aromatic N) is 1. The highest BCUT2D eigenvalue weighted by atomic mass is 19.1. The third-order valence-corrected chi connectivity index (χ3v) is 4.04. The zero-order valence-electron chi connectivity index (χ0n) is 14.8. The first kappa shape index (κ1) is 18.4. The van der Waals surface area contributed by atoms with Gasteiger partial charge in [0.05, 0.1) is 6.42 Å². The normalized spacial score (nSPS) is 10.8. The van der Waals surface area contributed by atoms with Gasteiger partial charge in [-0.3, -0.25) is 9.78 Å². The fourth-order valence-corrected chi connectivity index (χ4v) is 2.83. The molecule has 0 atom stereocenters. The number of ether oxygens (including phenoxy) is 1. The van der Waals surface area contributed by atoms with Crippen LogP contribution in [0.15, 0.2) is 59.5 Å². The van der Waals surface area contributed by atoms with Crippen molar-refractivity contribution < 1.29 is 18.3 Å². The molecule has 0 aliphatic rings. The Bertz CT molecular complexity index is 1230. The smallest absolute Gasteiger partial charge is 0.325 e. The molecule has 0 radical (unpaired) electrons. The molecule has 0 aliphatic carbocycles. The third-order valence-electron chi connectivity index (χ3n) is 4.04. The maximum Gasteiger partial charge on any atom is 0.325 e. The number of pyridine rings is 1. The average molecular weight is 396 g/mol. The molecule has 9 heteroatoms. The summed E-state index contributed by atoms with van der Waals surface area (Å²) in [5.74, 6) is -0.987. The Hall–Kier alpha value is -4.01. The number of aromatic amines is 2. The first-order valence-corrected chi connectivity index (χ1v) is 8.56. The summed E-state index contributed by atoms with van der Waals surface area (Å²) in [6.07, 6.45) is 1.34. The van der Waals surface area contributed by atoms with Crippen LogP contribution < -0.4 is 15.7 Å². The number of benzene rings is 2. The lowest BCUT2D eigenvalue weighted by Gasteiger charge is -2.09. The number of fused-ring (bicyclic) bond motifs is 1. The molecule has 3 N–H and O–H groups in total. The van der Waals surface area contributed by atoms with Crippen LogP contribution in [-0.2, 0) is 11.2 Å².